The number of methoxy groups -OCH3 is 1. The Labute approximate surface area is 734 Å². The first-order valence-electron chi connectivity index (χ1n) is 45.1. The Morgan fingerprint density at radius 2 is 0.806 bits per heavy atom. The van der Waals surface area contributed by atoms with Gasteiger partial charge < -0.3 is 79.8 Å². The van der Waals surface area contributed by atoms with E-state index in [0.717, 1.165) is 87.3 Å². The Hall–Kier alpha value is -9.22. The number of ether oxygens (including phenoxy) is 6. The lowest BCUT2D eigenvalue weighted by Crippen LogP contribution is -2.25. The van der Waals surface area contributed by atoms with Crippen molar-refractivity contribution in [1.29, 1.82) is 0 Å². The molecule has 0 heterocycles. The fourth-order valence-corrected chi connectivity index (χ4v) is 15.1. The molecule has 15 atom stereocenters. The molecule has 3 aromatic rings. The molecule has 0 saturated heterocycles. The van der Waals surface area contributed by atoms with Crippen LogP contribution in [0.3, 0.4) is 0 Å². The molecule has 3 aliphatic rings. The summed E-state index contributed by atoms with van der Waals surface area (Å²) in [6.45, 7) is 10.7. The van der Waals surface area contributed by atoms with Gasteiger partial charge in [-0.25, -0.2) is 0 Å². The molecule has 6 rings (SSSR count). The summed E-state index contributed by atoms with van der Waals surface area (Å²) in [5.74, 6) is -3.67. The van der Waals surface area contributed by atoms with Gasteiger partial charge in [0.1, 0.15) is 18.3 Å². The van der Waals surface area contributed by atoms with E-state index in [2.05, 4.69) is 27.7 Å². The Kier molecular flexibility index (Phi) is 57.2. The number of aliphatic hydroxyl groups is 6. The fraction of sp³-hybridized carbons (Fsp3) is 0.608. The van der Waals surface area contributed by atoms with Gasteiger partial charge in [-0.2, -0.15) is 0 Å². The third-order valence-corrected chi connectivity index (χ3v) is 21.9. The molecule has 3 saturated carbocycles. The molecule has 3 aromatic carbocycles. The predicted molar refractivity (Wildman–Crippen MR) is 474 cm³/mol. The highest BCUT2D eigenvalue weighted by Crippen LogP contribution is 2.41. The number of carbonyl (C=O) groups is 8. The van der Waals surface area contributed by atoms with Crippen LogP contribution in [0.15, 0.2) is 164 Å². The number of hydrogen-bond acceptors (Lipinski definition) is 23. The van der Waals surface area contributed by atoms with Crippen LogP contribution in [-0.2, 0) is 90.9 Å². The largest absolute Gasteiger partial charge is 0.466 e. The molecular weight excluding hydrogens is 1590 g/mol. The van der Waals surface area contributed by atoms with Gasteiger partial charge in [0, 0.05) is 96.1 Å². The highest BCUT2D eigenvalue weighted by atomic mass is 16.9. The summed E-state index contributed by atoms with van der Waals surface area (Å²) >= 11 is 0. The molecule has 9 N–H and O–H groups in total. The van der Waals surface area contributed by atoms with Gasteiger partial charge >= 0.3 is 29.8 Å². The van der Waals surface area contributed by atoms with Crippen molar-refractivity contribution in [2.75, 3.05) is 53.2 Å². The Morgan fingerprint density at radius 3 is 1.23 bits per heavy atom. The van der Waals surface area contributed by atoms with Crippen molar-refractivity contribution in [3.63, 3.8) is 0 Å². The number of unbranched alkanes of at least 4 members (excludes halogenated alkanes) is 6. The van der Waals surface area contributed by atoms with Crippen LogP contribution in [0.5, 0.6) is 0 Å². The van der Waals surface area contributed by atoms with E-state index in [0.29, 0.717) is 117 Å². The van der Waals surface area contributed by atoms with Crippen LogP contribution in [0.4, 0.5) is 0 Å². The van der Waals surface area contributed by atoms with Gasteiger partial charge in [0.25, 0.3) is 5.09 Å². The second-order valence-electron chi connectivity index (χ2n) is 31.8. The minimum absolute atomic E-state index is 0.0303. The third-order valence-electron chi connectivity index (χ3n) is 21.9. The Bertz CT molecular complexity index is 3650. The minimum atomic E-state index is -0.902. The summed E-state index contributed by atoms with van der Waals surface area (Å²) in [7, 11) is 1.62. The van der Waals surface area contributed by atoms with Crippen molar-refractivity contribution in [3.05, 3.63) is 191 Å². The van der Waals surface area contributed by atoms with Gasteiger partial charge in [-0.05, 0) is 183 Å². The van der Waals surface area contributed by atoms with Crippen molar-refractivity contribution in [2.45, 2.75) is 288 Å². The summed E-state index contributed by atoms with van der Waals surface area (Å²) in [5.41, 5.74) is 3.39. The second-order valence-corrected chi connectivity index (χ2v) is 31.8. The van der Waals surface area contributed by atoms with Gasteiger partial charge in [0.05, 0.1) is 82.1 Å². The number of rotatable bonds is 59. The molecule has 27 heteroatoms. The summed E-state index contributed by atoms with van der Waals surface area (Å²) < 4.78 is 32.5. The number of carbonyl (C=O) groups excluding carboxylic acids is 8. The van der Waals surface area contributed by atoms with E-state index < -0.39 is 89.9 Å². The van der Waals surface area contributed by atoms with E-state index in [-0.39, 0.29) is 118 Å². The molecule has 124 heavy (non-hydrogen) atoms. The maximum atomic E-state index is 12.7. The maximum absolute atomic E-state index is 12.7. The van der Waals surface area contributed by atoms with Crippen molar-refractivity contribution in [2.24, 2.45) is 35.5 Å². The van der Waals surface area contributed by atoms with Crippen LogP contribution >= 0.6 is 0 Å². The normalized spacial score (nSPS) is 21.2. The van der Waals surface area contributed by atoms with Crippen LogP contribution in [0, 0.1) is 45.6 Å². The second kappa shape index (κ2) is 66.3. The molecule has 0 unspecified atom stereocenters. The molecule has 0 spiro atoms. The van der Waals surface area contributed by atoms with Gasteiger partial charge in [0.2, 0.25) is 17.7 Å². The number of nitrogens with zero attached hydrogens (tertiary/aromatic N) is 1. The molecule has 0 aliphatic heterocycles. The molecule has 3 amide bonds. The molecule has 27 nitrogen and oxygen atoms in total. The summed E-state index contributed by atoms with van der Waals surface area (Å²) in [4.78, 5) is 111. The molecule has 3 aliphatic carbocycles. The number of esters is 5. The first-order chi connectivity index (χ1) is 60.0. The third kappa shape index (κ3) is 48.3. The lowest BCUT2D eigenvalue weighted by Gasteiger charge is -2.22. The van der Waals surface area contributed by atoms with Crippen molar-refractivity contribution in [3.8, 4) is 0 Å². The predicted octanol–water partition coefficient (Wildman–Crippen LogP) is 13.3. The van der Waals surface area contributed by atoms with E-state index in [1.165, 1.54) is 0 Å². The number of benzene rings is 3. The number of allylic oxidation sites excluding steroid dienone is 6. The summed E-state index contributed by atoms with van der Waals surface area (Å²) in [6, 6.07) is 29.7. The topological polar surface area (TPSA) is 402 Å². The first kappa shape index (κ1) is 107. The van der Waals surface area contributed by atoms with E-state index >= 15 is 0 Å². The highest BCUT2D eigenvalue weighted by molar-refractivity contribution is 5.79. The standard InChI is InChI=1S/C34H51NO8.C34H51NO7.C29H42N2O8/c1-3-35-32(38)16-10-5-4-9-15-28-29(31(37)25-30(28)36)20-19-27(18-17-26-13-7-6-8-14-26)43-34(40)22-21-33(39)42-24-12-11-23-41-2;1-3-5-13-24-41-33(39)22-23-34(40)42-31-25-30(37)28(16-11-6-7-12-17-32(38)35-4-2)29(31)21-20-27(36)19-18-26-14-9-8-10-15-26;1-2-30-28(34)14-9-4-3-8-13-24-25(19-18-23(32)17-16-22-11-6-5-7-12-22)27(21-26(24)33)39-29(35)15-10-20-38-31(36)37/h4,6-9,13-14,19-20,27-31,36-37H,3,5,10-12,15-18,21-25H2,1-2H3,(H,35,38);6,8-11,14-15,20-21,27-31,36-37H,3-5,7,12-13,16-19,22-25H2,1-2H3,(H,35,38);3,5-8,11-12,18-19,23-27,32-33H,2,4,9-10,13-17,20-21H2,1H3,(H,30,34)/b9-4-,20-19+;11-6-,21-20+;8-3-,19-18+/t2*27-,28+,29+,30-,31+;23-,24+,25+,26-,27+/m000/s1. The molecule has 0 radical (unpaired) electrons. The van der Waals surface area contributed by atoms with Gasteiger partial charge in [-0.3, -0.25) is 38.4 Å². The van der Waals surface area contributed by atoms with Gasteiger partial charge in [0.15, 0.2) is 0 Å². The first-order valence-corrected chi connectivity index (χ1v) is 45.1. The van der Waals surface area contributed by atoms with Crippen molar-refractivity contribution >= 4 is 47.6 Å². The summed E-state index contributed by atoms with van der Waals surface area (Å²) in [5, 5.41) is 82.0. The van der Waals surface area contributed by atoms with Crippen LogP contribution in [-0.4, -0.2) is 191 Å². The number of aliphatic hydroxyl groups excluding tert-OH is 6. The number of hydrogen-bond donors (Lipinski definition) is 9. The minimum Gasteiger partial charge on any atom is -0.466 e. The van der Waals surface area contributed by atoms with E-state index in [4.69, 9.17) is 28.4 Å². The molecule has 0 bridgehead atoms. The van der Waals surface area contributed by atoms with Crippen LogP contribution in [0.2, 0.25) is 0 Å². The summed E-state index contributed by atoms with van der Waals surface area (Å²) in [6.07, 6.45) is 33.5. The molecule has 0 aromatic heterocycles. The Morgan fingerprint density at radius 1 is 0.427 bits per heavy atom. The van der Waals surface area contributed by atoms with E-state index in [1.807, 2.05) is 173 Å². The van der Waals surface area contributed by atoms with E-state index in [1.54, 1.807) is 19.3 Å². The van der Waals surface area contributed by atoms with Gasteiger partial charge in [-0.1, -0.05) is 178 Å². The average Bonchev–Trinajstić information content (AvgIpc) is 1.69. The van der Waals surface area contributed by atoms with Crippen LogP contribution in [0.25, 0.3) is 0 Å². The Balaban J connectivity index is 0.000000391. The van der Waals surface area contributed by atoms with Gasteiger partial charge in [-0.15, -0.1) is 10.1 Å². The average molecular weight is 1730 g/mol. The number of aryl methyl sites for hydroxylation is 3. The zero-order valence-corrected chi connectivity index (χ0v) is 73.9. The molecular formula is C97H144N4O23. The van der Waals surface area contributed by atoms with Crippen LogP contribution < -0.4 is 16.0 Å². The van der Waals surface area contributed by atoms with Crippen LogP contribution in [0.1, 0.15) is 231 Å². The number of amides is 3. The lowest BCUT2D eigenvalue weighted by molar-refractivity contribution is -0.757. The zero-order chi connectivity index (χ0) is 90.3. The maximum Gasteiger partial charge on any atom is 0.306 e. The molecule has 3 fully saturated rings. The highest BCUT2D eigenvalue weighted by Gasteiger charge is 2.45. The SMILES string of the molecule is CCCCCOC(=O)CCC(=O)O[C@@H]1C[C@H](O)[C@H](C/C=C\CCCC(=O)NCC)[C@H]1/C=C/[C@@H](O)CCc1ccccc1.CCNC(=O)CCC/C=C\C[C@@H]1[C@@H](/C=C/[C@@H](O)CCc2ccccc2)[C@H](OC(=O)CCCO[N+](=O)[O-])C[C@@H]1O.CCNC(=O)CCC/C=C\C[C@@H]1[C@@H](/C=C/[C@H](CCc2ccccc2)OC(=O)CCC(=O)OCCCCOC)[C@H](O)C[C@@H]1O. The quantitative estimate of drug-likeness (QED) is 0.00633. The van der Waals surface area contributed by atoms with E-state index in [9.17, 15) is 79.1 Å². The molecule has 690 valence electrons. The van der Waals surface area contributed by atoms with Crippen molar-refractivity contribution < 1.29 is 107 Å². The smallest absolute Gasteiger partial charge is 0.306 e. The van der Waals surface area contributed by atoms with Crippen molar-refractivity contribution in [1.82, 2.24) is 16.0 Å². The zero-order valence-electron chi connectivity index (χ0n) is 73.9. The lowest BCUT2D eigenvalue weighted by atomic mass is 9.89. The fourth-order valence-electron chi connectivity index (χ4n) is 15.1. The monoisotopic (exact) mass is 1730 g/mol. The number of nitrogens with one attached hydrogen (secondary N) is 3.